The molecule has 1 saturated heterocycles. The lowest BCUT2D eigenvalue weighted by Gasteiger charge is -2.15. The van der Waals surface area contributed by atoms with Crippen molar-refractivity contribution < 1.29 is 13.2 Å². The fourth-order valence-electron chi connectivity index (χ4n) is 2.63. The minimum Gasteiger partial charge on any atom is -0.377 e. The molecule has 1 unspecified atom stereocenters. The minimum absolute atomic E-state index is 0.00214. The zero-order valence-electron chi connectivity index (χ0n) is 12.9. The predicted molar refractivity (Wildman–Crippen MR) is 82.8 cm³/mol. The first kappa shape index (κ1) is 16.4. The van der Waals surface area contributed by atoms with Crippen LogP contribution >= 0.6 is 0 Å². The van der Waals surface area contributed by atoms with Crippen LogP contribution in [-0.2, 0) is 21.3 Å². The van der Waals surface area contributed by atoms with Crippen LogP contribution in [0.2, 0.25) is 0 Å². The van der Waals surface area contributed by atoms with Crippen molar-refractivity contribution in [3.8, 4) is 0 Å². The van der Waals surface area contributed by atoms with E-state index in [0.717, 1.165) is 36.1 Å². The van der Waals surface area contributed by atoms with Crippen LogP contribution in [0.25, 0.3) is 0 Å². The number of ether oxygens (including phenoxy) is 1. The topological polar surface area (TPSA) is 67.4 Å². The highest BCUT2D eigenvalue weighted by Gasteiger charge is 2.22. The smallest absolute Gasteiger partial charge is 0.240 e. The Bertz CT molecular complexity index is 593. The van der Waals surface area contributed by atoms with Crippen molar-refractivity contribution in [1.29, 1.82) is 0 Å². The van der Waals surface area contributed by atoms with E-state index in [0.29, 0.717) is 18.0 Å². The molecule has 2 rings (SSSR count). The summed E-state index contributed by atoms with van der Waals surface area (Å²) in [6, 6.07) is 3.69. The molecule has 2 N–H and O–H groups in total. The van der Waals surface area contributed by atoms with Gasteiger partial charge in [0.1, 0.15) is 0 Å². The molecule has 0 aromatic heterocycles. The van der Waals surface area contributed by atoms with Crippen LogP contribution in [0.5, 0.6) is 0 Å². The van der Waals surface area contributed by atoms with Crippen LogP contribution in [0, 0.1) is 13.8 Å². The highest BCUT2D eigenvalue weighted by molar-refractivity contribution is 7.89. The van der Waals surface area contributed by atoms with E-state index >= 15 is 0 Å². The number of nitrogens with one attached hydrogen (secondary N) is 2. The van der Waals surface area contributed by atoms with Gasteiger partial charge in [-0.1, -0.05) is 6.07 Å². The summed E-state index contributed by atoms with van der Waals surface area (Å²) in [4.78, 5) is 0.358. The zero-order valence-corrected chi connectivity index (χ0v) is 13.7. The van der Waals surface area contributed by atoms with Gasteiger partial charge in [0.15, 0.2) is 0 Å². The summed E-state index contributed by atoms with van der Waals surface area (Å²) in [6.07, 6.45) is 1.92. The van der Waals surface area contributed by atoms with Crippen molar-refractivity contribution in [2.75, 3.05) is 20.2 Å². The summed E-state index contributed by atoms with van der Waals surface area (Å²) >= 11 is 0. The Morgan fingerprint density at radius 2 is 2.05 bits per heavy atom. The summed E-state index contributed by atoms with van der Waals surface area (Å²) in [5.41, 5.74) is 2.87. The molecule has 1 aliphatic rings. The van der Waals surface area contributed by atoms with E-state index in [4.69, 9.17) is 4.74 Å². The molecule has 0 radical (unpaired) electrons. The second kappa shape index (κ2) is 6.87. The Labute approximate surface area is 127 Å². The summed E-state index contributed by atoms with van der Waals surface area (Å²) < 4.78 is 33.1. The third-order valence-electron chi connectivity index (χ3n) is 3.82. The van der Waals surface area contributed by atoms with Crippen LogP contribution < -0.4 is 10.0 Å². The van der Waals surface area contributed by atoms with Gasteiger partial charge in [0.25, 0.3) is 0 Å². The predicted octanol–water partition coefficient (Wildman–Crippen LogP) is 1.48. The summed E-state index contributed by atoms with van der Waals surface area (Å²) in [5.74, 6) is 0. The molecule has 0 bridgehead atoms. The van der Waals surface area contributed by atoms with Crippen molar-refractivity contribution in [2.45, 2.75) is 44.2 Å². The lowest BCUT2D eigenvalue weighted by molar-refractivity contribution is 0.114. The number of hydrogen-bond donors (Lipinski definition) is 2. The van der Waals surface area contributed by atoms with Gasteiger partial charge in [-0.2, -0.15) is 0 Å². The van der Waals surface area contributed by atoms with E-state index in [1.165, 1.54) is 0 Å². The van der Waals surface area contributed by atoms with Crippen molar-refractivity contribution >= 4 is 10.0 Å². The SMILES string of the molecule is CNCc1cc(S(=O)(=O)NCC2CCCO2)c(C)cc1C. The quantitative estimate of drug-likeness (QED) is 0.835. The van der Waals surface area contributed by atoms with Crippen molar-refractivity contribution in [2.24, 2.45) is 0 Å². The number of aryl methyl sites for hydroxylation is 2. The first-order valence-electron chi connectivity index (χ1n) is 7.30. The van der Waals surface area contributed by atoms with E-state index in [-0.39, 0.29) is 6.10 Å². The Balaban J connectivity index is 2.19. The maximum absolute atomic E-state index is 12.5. The Kier molecular flexibility index (Phi) is 5.37. The molecule has 0 aliphatic carbocycles. The molecule has 0 spiro atoms. The molecule has 5 nitrogen and oxygen atoms in total. The van der Waals surface area contributed by atoms with E-state index in [1.807, 2.05) is 27.0 Å². The van der Waals surface area contributed by atoms with Gasteiger partial charge in [-0.05, 0) is 56.5 Å². The fraction of sp³-hybridized carbons (Fsp3) is 0.600. The van der Waals surface area contributed by atoms with Crippen LogP contribution in [0.1, 0.15) is 29.5 Å². The molecule has 1 heterocycles. The number of sulfonamides is 1. The summed E-state index contributed by atoms with van der Waals surface area (Å²) in [6.45, 7) is 5.55. The monoisotopic (exact) mass is 312 g/mol. The summed E-state index contributed by atoms with van der Waals surface area (Å²) in [7, 11) is -1.64. The van der Waals surface area contributed by atoms with Gasteiger partial charge in [-0.3, -0.25) is 0 Å². The van der Waals surface area contributed by atoms with Gasteiger partial charge < -0.3 is 10.1 Å². The highest BCUT2D eigenvalue weighted by Crippen LogP contribution is 2.21. The van der Waals surface area contributed by atoms with Crippen LogP contribution in [0.15, 0.2) is 17.0 Å². The molecule has 21 heavy (non-hydrogen) atoms. The molecular weight excluding hydrogens is 288 g/mol. The summed E-state index contributed by atoms with van der Waals surface area (Å²) in [5, 5.41) is 3.06. The van der Waals surface area contributed by atoms with Gasteiger partial charge in [-0.15, -0.1) is 0 Å². The van der Waals surface area contributed by atoms with Crippen LogP contribution in [0.4, 0.5) is 0 Å². The van der Waals surface area contributed by atoms with Gasteiger partial charge in [-0.25, -0.2) is 13.1 Å². The lowest BCUT2D eigenvalue weighted by Crippen LogP contribution is -2.32. The molecular formula is C15H24N2O3S. The molecule has 1 atom stereocenters. The fourth-order valence-corrected chi connectivity index (χ4v) is 3.97. The molecule has 118 valence electrons. The van der Waals surface area contributed by atoms with Crippen molar-refractivity contribution in [1.82, 2.24) is 10.0 Å². The third kappa shape index (κ3) is 4.03. The lowest BCUT2D eigenvalue weighted by atomic mass is 10.1. The van der Waals surface area contributed by atoms with Crippen molar-refractivity contribution in [3.05, 3.63) is 28.8 Å². The minimum atomic E-state index is -3.49. The molecule has 1 aliphatic heterocycles. The van der Waals surface area contributed by atoms with Gasteiger partial charge >= 0.3 is 0 Å². The van der Waals surface area contributed by atoms with E-state index < -0.39 is 10.0 Å². The number of hydrogen-bond acceptors (Lipinski definition) is 4. The number of benzene rings is 1. The largest absolute Gasteiger partial charge is 0.377 e. The second-order valence-electron chi connectivity index (χ2n) is 5.56. The molecule has 1 aromatic rings. The average molecular weight is 312 g/mol. The molecule has 0 amide bonds. The average Bonchev–Trinajstić information content (AvgIpc) is 2.93. The maximum atomic E-state index is 12.5. The van der Waals surface area contributed by atoms with Crippen LogP contribution in [0.3, 0.4) is 0 Å². The van der Waals surface area contributed by atoms with E-state index in [2.05, 4.69) is 10.0 Å². The van der Waals surface area contributed by atoms with E-state index in [9.17, 15) is 8.42 Å². The van der Waals surface area contributed by atoms with Gasteiger partial charge in [0, 0.05) is 19.7 Å². The maximum Gasteiger partial charge on any atom is 0.240 e. The van der Waals surface area contributed by atoms with Crippen molar-refractivity contribution in [3.63, 3.8) is 0 Å². The first-order chi connectivity index (χ1) is 9.94. The zero-order chi connectivity index (χ0) is 15.5. The highest BCUT2D eigenvalue weighted by atomic mass is 32.2. The van der Waals surface area contributed by atoms with Crippen LogP contribution in [-0.4, -0.2) is 34.7 Å². The Hall–Kier alpha value is -0.950. The number of rotatable bonds is 6. The van der Waals surface area contributed by atoms with E-state index in [1.54, 1.807) is 6.07 Å². The first-order valence-corrected chi connectivity index (χ1v) is 8.78. The third-order valence-corrected chi connectivity index (χ3v) is 5.38. The molecule has 1 aromatic carbocycles. The second-order valence-corrected chi connectivity index (χ2v) is 7.30. The van der Waals surface area contributed by atoms with Gasteiger partial charge in [0.05, 0.1) is 11.0 Å². The Morgan fingerprint density at radius 3 is 2.67 bits per heavy atom. The normalized spacial score (nSPS) is 19.1. The Morgan fingerprint density at radius 1 is 1.29 bits per heavy atom. The standard InChI is InChI=1S/C15H24N2O3S/c1-11-7-12(2)15(8-13(11)9-16-3)21(18,19)17-10-14-5-4-6-20-14/h7-8,14,16-17H,4-6,9-10H2,1-3H3. The molecule has 1 fully saturated rings. The van der Waals surface area contributed by atoms with Gasteiger partial charge in [0.2, 0.25) is 10.0 Å². The molecule has 0 saturated carbocycles. The molecule has 6 heteroatoms.